The van der Waals surface area contributed by atoms with Crippen molar-refractivity contribution >= 4 is 28.4 Å². The molecule has 0 fully saturated rings. The topological polar surface area (TPSA) is 149 Å². The number of nitrogens with two attached hydrogens (primary N) is 1. The molecule has 0 unspecified atom stereocenters. The van der Waals surface area contributed by atoms with Gasteiger partial charge < -0.3 is 15.7 Å². The summed E-state index contributed by atoms with van der Waals surface area (Å²) in [6, 6.07) is 2.65. The molecule has 0 atom stereocenters. The Hall–Kier alpha value is -2.75. The number of carbonyl (C=O) groups is 1. The predicted octanol–water partition coefficient (Wildman–Crippen LogP) is 1.25. The standard InChI is InChI=1S/C9H8N4O5.C2H6.CH5N/c1-12(4-7(14)15)5-2-3-6(13(16)17)9-8(5)10-18-11-9;2*1-2/h2-3H,4H2,1H3,(H,14,15);1-2H3;2H2,1H3. The number of likely N-dealkylation sites (N-methyl/N-ethyl adjacent to an activating group) is 1. The lowest BCUT2D eigenvalue weighted by Gasteiger charge is -2.16. The first-order chi connectivity index (χ1) is 10.5. The van der Waals surface area contributed by atoms with Gasteiger partial charge in [0.1, 0.15) is 6.54 Å². The number of carboxylic acid groups (broad SMARTS) is 1. The molecule has 22 heavy (non-hydrogen) atoms. The minimum Gasteiger partial charge on any atom is -0.480 e. The number of rotatable bonds is 4. The number of aliphatic carboxylic acids is 1. The number of aromatic nitrogens is 2. The van der Waals surface area contributed by atoms with E-state index in [4.69, 9.17) is 5.11 Å². The summed E-state index contributed by atoms with van der Waals surface area (Å²) in [7, 11) is 3.03. The molecular formula is C12H19N5O5. The molecule has 10 nitrogen and oxygen atoms in total. The Morgan fingerprint density at radius 3 is 2.41 bits per heavy atom. The minimum absolute atomic E-state index is 0.00487. The average Bonchev–Trinajstić information content (AvgIpc) is 2.98. The van der Waals surface area contributed by atoms with E-state index in [0.717, 1.165) is 0 Å². The number of nitro groups is 1. The number of hydrogen-bond acceptors (Lipinski definition) is 8. The maximum Gasteiger partial charge on any atom is 0.323 e. The summed E-state index contributed by atoms with van der Waals surface area (Å²) >= 11 is 0. The van der Waals surface area contributed by atoms with E-state index >= 15 is 0 Å². The van der Waals surface area contributed by atoms with E-state index in [1.54, 1.807) is 0 Å². The zero-order chi connectivity index (χ0) is 17.3. The van der Waals surface area contributed by atoms with E-state index in [-0.39, 0.29) is 23.3 Å². The Kier molecular flexibility index (Phi) is 8.08. The zero-order valence-corrected chi connectivity index (χ0v) is 12.8. The highest BCUT2D eigenvalue weighted by Crippen LogP contribution is 2.30. The van der Waals surface area contributed by atoms with Crippen molar-refractivity contribution in [1.82, 2.24) is 10.3 Å². The smallest absolute Gasteiger partial charge is 0.323 e. The molecule has 2 rings (SSSR count). The summed E-state index contributed by atoms with van der Waals surface area (Å²) in [6.07, 6.45) is 0. The van der Waals surface area contributed by atoms with Gasteiger partial charge in [-0.3, -0.25) is 14.9 Å². The molecule has 0 radical (unpaired) electrons. The van der Waals surface area contributed by atoms with Crippen LogP contribution in [-0.2, 0) is 4.79 Å². The molecule has 0 saturated heterocycles. The van der Waals surface area contributed by atoms with Crippen molar-refractivity contribution in [3.63, 3.8) is 0 Å². The maximum atomic E-state index is 10.8. The van der Waals surface area contributed by atoms with Crippen molar-refractivity contribution in [3.05, 3.63) is 22.2 Å². The second kappa shape index (κ2) is 9.23. The molecule has 0 aliphatic carbocycles. The lowest BCUT2D eigenvalue weighted by atomic mass is 10.2. The largest absolute Gasteiger partial charge is 0.480 e. The third-order valence-electron chi connectivity index (χ3n) is 2.35. The van der Waals surface area contributed by atoms with E-state index < -0.39 is 10.9 Å². The van der Waals surface area contributed by atoms with Crippen LogP contribution >= 0.6 is 0 Å². The van der Waals surface area contributed by atoms with Gasteiger partial charge in [0.15, 0.2) is 5.52 Å². The van der Waals surface area contributed by atoms with E-state index in [0.29, 0.717) is 5.69 Å². The van der Waals surface area contributed by atoms with E-state index in [2.05, 4.69) is 20.7 Å². The van der Waals surface area contributed by atoms with Gasteiger partial charge in [-0.15, -0.1) is 0 Å². The Labute approximate surface area is 126 Å². The average molecular weight is 313 g/mol. The number of nitro benzene ring substituents is 1. The molecule has 122 valence electrons. The Balaban J connectivity index is 0.00000102. The van der Waals surface area contributed by atoms with Crippen molar-refractivity contribution in [1.29, 1.82) is 0 Å². The summed E-state index contributed by atoms with van der Waals surface area (Å²) in [4.78, 5) is 22.2. The van der Waals surface area contributed by atoms with Crippen LogP contribution in [0.5, 0.6) is 0 Å². The van der Waals surface area contributed by atoms with Gasteiger partial charge in [-0.25, -0.2) is 4.63 Å². The molecule has 1 aromatic heterocycles. The van der Waals surface area contributed by atoms with Crippen LogP contribution in [-0.4, -0.2) is 47.0 Å². The minimum atomic E-state index is -1.03. The molecule has 1 aromatic carbocycles. The van der Waals surface area contributed by atoms with Gasteiger partial charge in [0, 0.05) is 13.1 Å². The van der Waals surface area contributed by atoms with Crippen molar-refractivity contribution in [3.8, 4) is 0 Å². The fourth-order valence-corrected chi connectivity index (χ4v) is 1.58. The first-order valence-electron chi connectivity index (χ1n) is 6.41. The monoisotopic (exact) mass is 313 g/mol. The van der Waals surface area contributed by atoms with Crippen molar-refractivity contribution in [2.75, 3.05) is 25.5 Å². The summed E-state index contributed by atoms with van der Waals surface area (Å²) < 4.78 is 4.47. The van der Waals surface area contributed by atoms with Crippen LogP contribution < -0.4 is 10.6 Å². The first-order valence-corrected chi connectivity index (χ1v) is 6.41. The summed E-state index contributed by atoms with van der Waals surface area (Å²) in [6.45, 7) is 3.74. The Morgan fingerprint density at radius 2 is 1.91 bits per heavy atom. The highest BCUT2D eigenvalue weighted by molar-refractivity contribution is 5.94. The van der Waals surface area contributed by atoms with Crippen molar-refractivity contribution in [2.45, 2.75) is 13.8 Å². The molecule has 0 saturated carbocycles. The number of carboxylic acids is 1. The summed E-state index contributed by atoms with van der Waals surface area (Å²) in [5, 5.41) is 26.5. The number of fused-ring (bicyclic) bond motifs is 1. The lowest BCUT2D eigenvalue weighted by Crippen LogP contribution is -2.25. The third-order valence-corrected chi connectivity index (χ3v) is 2.35. The van der Waals surface area contributed by atoms with Gasteiger partial charge in [-0.05, 0) is 23.4 Å². The second-order valence-electron chi connectivity index (χ2n) is 3.57. The number of benzene rings is 1. The van der Waals surface area contributed by atoms with Crippen LogP contribution in [0.25, 0.3) is 11.0 Å². The van der Waals surface area contributed by atoms with Crippen LogP contribution in [0.1, 0.15) is 13.8 Å². The van der Waals surface area contributed by atoms with Crippen LogP contribution in [0.3, 0.4) is 0 Å². The van der Waals surface area contributed by atoms with Crippen LogP contribution in [0.2, 0.25) is 0 Å². The van der Waals surface area contributed by atoms with Gasteiger partial charge in [0.05, 0.1) is 10.6 Å². The highest BCUT2D eigenvalue weighted by atomic mass is 16.6. The number of hydrogen-bond donors (Lipinski definition) is 2. The molecule has 0 aliphatic heterocycles. The molecule has 0 spiro atoms. The van der Waals surface area contributed by atoms with Gasteiger partial charge in [0.2, 0.25) is 5.52 Å². The number of nitrogens with zero attached hydrogens (tertiary/aromatic N) is 4. The van der Waals surface area contributed by atoms with Gasteiger partial charge >= 0.3 is 11.7 Å². The fraction of sp³-hybridized carbons (Fsp3) is 0.417. The van der Waals surface area contributed by atoms with Crippen molar-refractivity contribution in [2.24, 2.45) is 5.73 Å². The summed E-state index contributed by atoms with van der Waals surface area (Å²) in [5.74, 6) is -1.03. The third kappa shape index (κ3) is 4.38. The van der Waals surface area contributed by atoms with Gasteiger partial charge in [-0.1, -0.05) is 13.8 Å². The first kappa shape index (κ1) is 19.2. The highest BCUT2D eigenvalue weighted by Gasteiger charge is 2.21. The number of non-ortho nitro benzene ring substituents is 1. The molecule has 0 aliphatic rings. The quantitative estimate of drug-likeness (QED) is 0.628. The van der Waals surface area contributed by atoms with Gasteiger partial charge in [-0.2, -0.15) is 0 Å². The Morgan fingerprint density at radius 1 is 1.36 bits per heavy atom. The zero-order valence-electron chi connectivity index (χ0n) is 12.8. The van der Waals surface area contributed by atoms with E-state index in [9.17, 15) is 14.9 Å². The second-order valence-corrected chi connectivity index (χ2v) is 3.57. The van der Waals surface area contributed by atoms with E-state index in [1.807, 2.05) is 13.8 Å². The van der Waals surface area contributed by atoms with Gasteiger partial charge in [0.25, 0.3) is 0 Å². The van der Waals surface area contributed by atoms with E-state index in [1.165, 1.54) is 31.1 Å². The molecule has 10 heteroatoms. The predicted molar refractivity (Wildman–Crippen MR) is 80.8 cm³/mol. The molecule has 3 N–H and O–H groups in total. The molecule has 0 bridgehead atoms. The molecule has 0 amide bonds. The Bertz CT molecular complexity index is 627. The number of anilines is 1. The van der Waals surface area contributed by atoms with Crippen LogP contribution in [0.4, 0.5) is 11.4 Å². The van der Waals surface area contributed by atoms with Crippen LogP contribution in [0.15, 0.2) is 16.8 Å². The maximum absolute atomic E-state index is 10.8. The lowest BCUT2D eigenvalue weighted by molar-refractivity contribution is -0.383. The van der Waals surface area contributed by atoms with Crippen LogP contribution in [0, 0.1) is 10.1 Å². The molecule has 1 heterocycles. The molecule has 2 aromatic rings. The van der Waals surface area contributed by atoms with Crippen molar-refractivity contribution < 1.29 is 19.5 Å². The SMILES string of the molecule is CC.CN.CN(CC(=O)O)c1ccc([N+](=O)[O-])c2nonc12. The summed E-state index contributed by atoms with van der Waals surface area (Å²) in [5.41, 5.74) is 4.82. The normalized spacial score (nSPS) is 9.14. The molecular weight excluding hydrogens is 294 g/mol. The fourth-order valence-electron chi connectivity index (χ4n) is 1.58.